The summed E-state index contributed by atoms with van der Waals surface area (Å²) in [6.45, 7) is 7.82. The van der Waals surface area contributed by atoms with Crippen molar-refractivity contribution in [2.75, 3.05) is 13.1 Å². The number of likely N-dealkylation sites (N-methyl/N-ethyl adjacent to an activating group) is 1. The number of thiophene rings is 1. The van der Waals surface area contributed by atoms with Crippen LogP contribution >= 0.6 is 11.3 Å². The molecule has 96 valence electrons. The minimum absolute atomic E-state index is 0.0373. The molecular formula is C13H22N2OS. The van der Waals surface area contributed by atoms with E-state index in [4.69, 9.17) is 5.73 Å². The number of nitrogens with two attached hydrogens (primary N) is 1. The van der Waals surface area contributed by atoms with Gasteiger partial charge in [-0.15, -0.1) is 11.3 Å². The second kappa shape index (κ2) is 6.77. The van der Waals surface area contributed by atoms with Crippen LogP contribution in [0.1, 0.15) is 38.1 Å². The highest BCUT2D eigenvalue weighted by Gasteiger charge is 2.22. The van der Waals surface area contributed by atoms with Crippen LogP contribution in [-0.2, 0) is 4.79 Å². The minimum atomic E-state index is -0.501. The van der Waals surface area contributed by atoms with Gasteiger partial charge >= 0.3 is 0 Å². The van der Waals surface area contributed by atoms with Crippen molar-refractivity contribution in [2.45, 2.75) is 33.2 Å². The molecular weight excluding hydrogens is 232 g/mol. The van der Waals surface area contributed by atoms with Gasteiger partial charge in [0.05, 0.1) is 0 Å². The number of rotatable bonds is 6. The Labute approximate surface area is 108 Å². The summed E-state index contributed by atoms with van der Waals surface area (Å²) < 4.78 is 0. The molecule has 1 amide bonds. The highest BCUT2D eigenvalue weighted by Crippen LogP contribution is 2.19. The van der Waals surface area contributed by atoms with Crippen molar-refractivity contribution >= 4 is 17.2 Å². The summed E-state index contributed by atoms with van der Waals surface area (Å²) in [7, 11) is 0. The molecule has 0 radical (unpaired) electrons. The van der Waals surface area contributed by atoms with E-state index in [1.54, 1.807) is 0 Å². The molecule has 1 rings (SSSR count). The monoisotopic (exact) mass is 254 g/mol. The zero-order chi connectivity index (χ0) is 12.8. The van der Waals surface area contributed by atoms with Crippen molar-refractivity contribution in [1.29, 1.82) is 0 Å². The van der Waals surface area contributed by atoms with Gasteiger partial charge in [-0.05, 0) is 24.3 Å². The maximum atomic E-state index is 12.2. The lowest BCUT2D eigenvalue weighted by molar-refractivity contribution is -0.133. The van der Waals surface area contributed by atoms with Gasteiger partial charge in [0.25, 0.3) is 0 Å². The number of hydrogen-bond donors (Lipinski definition) is 1. The van der Waals surface area contributed by atoms with E-state index >= 15 is 0 Å². The zero-order valence-corrected chi connectivity index (χ0v) is 11.7. The van der Waals surface area contributed by atoms with Crippen LogP contribution in [0.15, 0.2) is 17.5 Å². The highest BCUT2D eigenvalue weighted by atomic mass is 32.1. The van der Waals surface area contributed by atoms with Gasteiger partial charge in [0, 0.05) is 18.0 Å². The highest BCUT2D eigenvalue weighted by molar-refractivity contribution is 7.10. The third kappa shape index (κ3) is 3.82. The fraction of sp³-hybridized carbons (Fsp3) is 0.615. The first-order chi connectivity index (χ1) is 8.10. The Balaban J connectivity index is 2.66. The van der Waals surface area contributed by atoms with Gasteiger partial charge in [-0.25, -0.2) is 0 Å². The summed E-state index contributed by atoms with van der Waals surface area (Å²) in [5.41, 5.74) is 6.00. The van der Waals surface area contributed by atoms with E-state index < -0.39 is 6.04 Å². The molecule has 0 saturated carbocycles. The molecule has 2 unspecified atom stereocenters. The van der Waals surface area contributed by atoms with E-state index in [2.05, 4.69) is 13.8 Å². The predicted octanol–water partition coefficient (Wildman–Crippen LogP) is 2.64. The summed E-state index contributed by atoms with van der Waals surface area (Å²) in [5, 5.41) is 1.95. The van der Waals surface area contributed by atoms with Gasteiger partial charge < -0.3 is 10.6 Å². The second-order valence-electron chi connectivity index (χ2n) is 4.38. The van der Waals surface area contributed by atoms with Crippen LogP contribution in [0, 0.1) is 5.92 Å². The lowest BCUT2D eigenvalue weighted by atomic mass is 10.1. The molecule has 1 aromatic heterocycles. The fourth-order valence-corrected chi connectivity index (χ4v) is 2.39. The number of carbonyl (C=O) groups is 1. The molecule has 2 atom stereocenters. The van der Waals surface area contributed by atoms with Crippen molar-refractivity contribution < 1.29 is 4.79 Å². The van der Waals surface area contributed by atoms with Crippen LogP contribution in [0.3, 0.4) is 0 Å². The summed E-state index contributed by atoms with van der Waals surface area (Å²) >= 11 is 1.54. The first kappa shape index (κ1) is 14.2. The summed E-state index contributed by atoms with van der Waals surface area (Å²) in [5.74, 6) is 0.560. The molecule has 0 bridgehead atoms. The number of carbonyl (C=O) groups excluding carboxylic acids is 1. The van der Waals surface area contributed by atoms with Gasteiger partial charge in [0.1, 0.15) is 6.04 Å². The smallest absolute Gasteiger partial charge is 0.244 e. The number of hydrogen-bond acceptors (Lipinski definition) is 3. The van der Waals surface area contributed by atoms with Crippen molar-refractivity contribution in [3.63, 3.8) is 0 Å². The Kier molecular flexibility index (Phi) is 5.65. The topological polar surface area (TPSA) is 46.3 Å². The summed E-state index contributed by atoms with van der Waals surface area (Å²) in [4.78, 5) is 15.0. The van der Waals surface area contributed by atoms with Crippen LogP contribution in [0.5, 0.6) is 0 Å². The van der Waals surface area contributed by atoms with Crippen molar-refractivity contribution in [3.8, 4) is 0 Å². The standard InChI is InChI=1S/C13H22N2OS/c1-4-10(3)9-15(5-2)13(16)12(14)11-7-6-8-17-11/h6-8,10,12H,4-5,9,14H2,1-3H3. The van der Waals surface area contributed by atoms with Crippen molar-refractivity contribution in [1.82, 2.24) is 4.90 Å². The Bertz CT molecular complexity index is 337. The molecule has 0 saturated heterocycles. The van der Waals surface area contributed by atoms with Crippen LogP contribution in [0.4, 0.5) is 0 Å². The Morgan fingerprint density at radius 2 is 2.24 bits per heavy atom. The molecule has 0 aliphatic heterocycles. The first-order valence-electron chi connectivity index (χ1n) is 6.17. The van der Waals surface area contributed by atoms with E-state index in [0.29, 0.717) is 5.92 Å². The lowest BCUT2D eigenvalue weighted by Gasteiger charge is -2.26. The number of nitrogens with zero attached hydrogens (tertiary/aromatic N) is 1. The molecule has 1 aromatic rings. The predicted molar refractivity (Wildman–Crippen MR) is 73.0 cm³/mol. The van der Waals surface area contributed by atoms with Crippen LogP contribution < -0.4 is 5.73 Å². The van der Waals surface area contributed by atoms with Crippen LogP contribution in [0.2, 0.25) is 0 Å². The average molecular weight is 254 g/mol. The van der Waals surface area contributed by atoms with Crippen LogP contribution in [0.25, 0.3) is 0 Å². The van der Waals surface area contributed by atoms with E-state index in [1.165, 1.54) is 11.3 Å². The van der Waals surface area contributed by atoms with Crippen molar-refractivity contribution in [2.24, 2.45) is 11.7 Å². The molecule has 0 fully saturated rings. The SMILES string of the molecule is CCC(C)CN(CC)C(=O)C(N)c1cccs1. The zero-order valence-electron chi connectivity index (χ0n) is 10.8. The maximum absolute atomic E-state index is 12.2. The van der Waals surface area contributed by atoms with Gasteiger partial charge in [0.15, 0.2) is 0 Å². The fourth-order valence-electron chi connectivity index (χ4n) is 1.67. The molecule has 0 aliphatic rings. The van der Waals surface area contributed by atoms with Gasteiger partial charge in [-0.3, -0.25) is 4.79 Å². The summed E-state index contributed by atoms with van der Waals surface area (Å²) in [6.07, 6.45) is 1.08. The molecule has 3 nitrogen and oxygen atoms in total. The van der Waals surface area contributed by atoms with Gasteiger partial charge in [-0.2, -0.15) is 0 Å². The average Bonchev–Trinajstić information content (AvgIpc) is 2.87. The summed E-state index contributed by atoms with van der Waals surface area (Å²) in [6, 6.07) is 3.35. The molecule has 1 heterocycles. The molecule has 17 heavy (non-hydrogen) atoms. The minimum Gasteiger partial charge on any atom is -0.341 e. The van der Waals surface area contributed by atoms with Gasteiger partial charge in [0.2, 0.25) is 5.91 Å². The number of amides is 1. The van der Waals surface area contributed by atoms with E-state index in [1.807, 2.05) is 29.3 Å². The van der Waals surface area contributed by atoms with Gasteiger partial charge in [-0.1, -0.05) is 26.3 Å². The first-order valence-corrected chi connectivity index (χ1v) is 7.05. The van der Waals surface area contributed by atoms with Crippen molar-refractivity contribution in [3.05, 3.63) is 22.4 Å². The largest absolute Gasteiger partial charge is 0.341 e. The molecule has 0 aromatic carbocycles. The lowest BCUT2D eigenvalue weighted by Crippen LogP contribution is -2.40. The second-order valence-corrected chi connectivity index (χ2v) is 5.36. The third-order valence-electron chi connectivity index (χ3n) is 3.04. The molecule has 0 spiro atoms. The van der Waals surface area contributed by atoms with E-state index in [0.717, 1.165) is 24.4 Å². The molecule has 2 N–H and O–H groups in total. The van der Waals surface area contributed by atoms with E-state index in [-0.39, 0.29) is 5.91 Å². The van der Waals surface area contributed by atoms with E-state index in [9.17, 15) is 4.79 Å². The third-order valence-corrected chi connectivity index (χ3v) is 3.99. The van der Waals surface area contributed by atoms with Crippen LogP contribution in [-0.4, -0.2) is 23.9 Å². The molecule has 4 heteroatoms. The quantitative estimate of drug-likeness (QED) is 0.848. The maximum Gasteiger partial charge on any atom is 0.244 e. The molecule has 0 aliphatic carbocycles. The normalized spacial score (nSPS) is 14.4. The Morgan fingerprint density at radius 1 is 1.53 bits per heavy atom. The Morgan fingerprint density at radius 3 is 2.71 bits per heavy atom. The Hall–Kier alpha value is -0.870.